The molecule has 40 heavy (non-hydrogen) atoms. The molecule has 0 spiro atoms. The van der Waals surface area contributed by atoms with Crippen molar-refractivity contribution in [1.29, 1.82) is 0 Å². The number of ether oxygens (including phenoxy) is 1. The Morgan fingerprint density at radius 3 is 2.65 bits per heavy atom. The van der Waals surface area contributed by atoms with Crippen LogP contribution in [0.3, 0.4) is 0 Å². The van der Waals surface area contributed by atoms with Crippen molar-refractivity contribution >= 4 is 34.4 Å². The number of nitrogens with one attached hydrogen (secondary N) is 3. The lowest BCUT2D eigenvalue weighted by Crippen LogP contribution is -2.06. The van der Waals surface area contributed by atoms with Gasteiger partial charge in [0.2, 0.25) is 5.88 Å². The molecule has 0 bridgehead atoms. The predicted octanol–water partition coefficient (Wildman–Crippen LogP) is 5.82. The van der Waals surface area contributed by atoms with Gasteiger partial charge in [0.25, 0.3) is 0 Å². The van der Waals surface area contributed by atoms with Crippen molar-refractivity contribution in [3.05, 3.63) is 53.6 Å². The van der Waals surface area contributed by atoms with Gasteiger partial charge in [0.1, 0.15) is 11.5 Å². The van der Waals surface area contributed by atoms with Crippen LogP contribution in [-0.2, 0) is 20.6 Å². The number of nitrogens with zero attached hydrogens (tertiary/aromatic N) is 6. The minimum absolute atomic E-state index is 0.477. The highest BCUT2D eigenvalue weighted by Gasteiger charge is 2.35. The molecule has 0 amide bonds. The molecule has 0 saturated heterocycles. The fraction of sp³-hybridized carbons (Fsp3) is 0.379. The molecule has 206 valence electrons. The number of aromatic nitrogens is 7. The lowest BCUT2D eigenvalue weighted by Gasteiger charge is -2.16. The third-order valence-corrected chi connectivity index (χ3v) is 8.28. The molecular weight excluding hydrogens is 522 g/mol. The third kappa shape index (κ3) is 4.38. The van der Waals surface area contributed by atoms with Crippen LogP contribution < -0.4 is 14.8 Å². The summed E-state index contributed by atoms with van der Waals surface area (Å²) in [6.45, 7) is 0.585. The average molecular weight is 556 g/mol. The molecule has 11 heteroatoms. The number of pyridine rings is 1. The van der Waals surface area contributed by atoms with Gasteiger partial charge in [-0.3, -0.25) is 4.68 Å². The number of anilines is 2. The third-order valence-electron chi connectivity index (χ3n) is 7.85. The summed E-state index contributed by atoms with van der Waals surface area (Å²) < 4.78 is 13.1. The predicted molar refractivity (Wildman–Crippen MR) is 160 cm³/mol. The maximum atomic E-state index is 5.43. The van der Waals surface area contributed by atoms with Crippen LogP contribution in [0, 0.1) is 0 Å². The molecule has 10 nitrogen and oxygen atoms in total. The van der Waals surface area contributed by atoms with E-state index in [1.165, 1.54) is 31.4 Å². The van der Waals surface area contributed by atoms with Crippen LogP contribution in [0.4, 0.5) is 11.4 Å². The Balaban J connectivity index is 1.38. The van der Waals surface area contributed by atoms with Crippen molar-refractivity contribution in [2.45, 2.75) is 44.1 Å². The van der Waals surface area contributed by atoms with Crippen molar-refractivity contribution in [3.63, 3.8) is 0 Å². The van der Waals surface area contributed by atoms with Gasteiger partial charge in [-0.1, -0.05) is 24.1 Å². The zero-order valence-electron chi connectivity index (χ0n) is 23.2. The smallest absolute Gasteiger partial charge is 0.232 e. The van der Waals surface area contributed by atoms with Crippen molar-refractivity contribution in [3.8, 4) is 28.5 Å². The van der Waals surface area contributed by atoms with Gasteiger partial charge in [-0.15, -0.1) is 0 Å². The van der Waals surface area contributed by atoms with E-state index in [4.69, 9.17) is 14.7 Å². The van der Waals surface area contributed by atoms with Crippen LogP contribution in [0.2, 0.25) is 0 Å². The highest BCUT2D eigenvalue weighted by atomic mass is 32.2. The standard InChI is InChI=1S/C29H33N9OS/c1-37-15-18-12-20(24(16-8-9-16)32-27(18)35-37)28-33-25(26(38(28)2)17-10-11-17)19-6-5-7-22(36-40-4)21(19)13-30-23-14-31-34-29(23)39-3/h5-7,12,14-17,30,36H,8-11,13H2,1-4H3,(H,31,34). The van der Waals surface area contributed by atoms with Gasteiger partial charge < -0.3 is 19.3 Å². The fourth-order valence-electron chi connectivity index (χ4n) is 5.65. The number of fused-ring (bicyclic) bond motifs is 1. The van der Waals surface area contributed by atoms with Gasteiger partial charge in [-0.2, -0.15) is 10.2 Å². The second-order valence-electron chi connectivity index (χ2n) is 10.7. The molecule has 1 aromatic carbocycles. The first-order valence-corrected chi connectivity index (χ1v) is 14.9. The maximum Gasteiger partial charge on any atom is 0.232 e. The van der Waals surface area contributed by atoms with Gasteiger partial charge in [-0.05, 0) is 37.8 Å². The molecule has 0 atom stereocenters. The van der Waals surface area contributed by atoms with Gasteiger partial charge in [0.05, 0.1) is 24.7 Å². The molecule has 3 N–H and O–H groups in total. The Hall–Kier alpha value is -3.99. The molecular formula is C29H33N9OS. The second-order valence-corrected chi connectivity index (χ2v) is 11.3. The van der Waals surface area contributed by atoms with Crippen LogP contribution in [0.15, 0.2) is 36.7 Å². The van der Waals surface area contributed by atoms with Crippen molar-refractivity contribution in [2.24, 2.45) is 14.1 Å². The highest BCUT2D eigenvalue weighted by molar-refractivity contribution is 7.99. The van der Waals surface area contributed by atoms with E-state index >= 15 is 0 Å². The maximum absolute atomic E-state index is 5.43. The first kappa shape index (κ1) is 25.0. The van der Waals surface area contributed by atoms with Gasteiger partial charge in [0, 0.05) is 78.4 Å². The quantitative estimate of drug-likeness (QED) is 0.185. The molecule has 7 rings (SSSR count). The summed E-state index contributed by atoms with van der Waals surface area (Å²) in [5, 5.41) is 16.2. The summed E-state index contributed by atoms with van der Waals surface area (Å²) in [4.78, 5) is 10.5. The van der Waals surface area contributed by atoms with Gasteiger partial charge in [-0.25, -0.2) is 15.1 Å². The Kier molecular flexibility index (Phi) is 6.18. The first-order valence-electron chi connectivity index (χ1n) is 13.7. The number of imidazole rings is 1. The van der Waals surface area contributed by atoms with E-state index in [0.29, 0.717) is 24.3 Å². The molecule has 4 heterocycles. The Labute approximate surface area is 237 Å². The number of methoxy groups -OCH3 is 1. The van der Waals surface area contributed by atoms with Crippen LogP contribution >= 0.6 is 11.9 Å². The lowest BCUT2D eigenvalue weighted by molar-refractivity contribution is 0.398. The topological polar surface area (TPSA) is 110 Å². The fourth-order valence-corrected chi connectivity index (χ4v) is 6.06. The van der Waals surface area contributed by atoms with E-state index in [1.807, 2.05) is 24.2 Å². The lowest BCUT2D eigenvalue weighted by atomic mass is 9.99. The molecule has 4 aromatic heterocycles. The zero-order chi connectivity index (χ0) is 27.4. The summed E-state index contributed by atoms with van der Waals surface area (Å²) in [7, 11) is 5.76. The average Bonchev–Trinajstić information content (AvgIpc) is 3.86. The van der Waals surface area contributed by atoms with Gasteiger partial charge in [0.15, 0.2) is 5.65 Å². The van der Waals surface area contributed by atoms with Crippen molar-refractivity contribution < 1.29 is 4.74 Å². The molecule has 0 unspecified atom stereocenters. The summed E-state index contributed by atoms with van der Waals surface area (Å²) in [5.74, 6) is 2.58. The molecule has 2 aliphatic carbocycles. The number of benzene rings is 1. The van der Waals surface area contributed by atoms with Crippen LogP contribution in [0.25, 0.3) is 33.7 Å². The number of H-pyrrole nitrogens is 1. The second kappa shape index (κ2) is 9.88. The van der Waals surface area contributed by atoms with Crippen LogP contribution in [-0.4, -0.2) is 47.9 Å². The molecule has 0 radical (unpaired) electrons. The minimum Gasteiger partial charge on any atom is -0.480 e. The normalized spacial score (nSPS) is 15.1. The number of aromatic amines is 1. The minimum atomic E-state index is 0.477. The largest absolute Gasteiger partial charge is 0.480 e. The van der Waals surface area contributed by atoms with Crippen LogP contribution in [0.1, 0.15) is 54.5 Å². The first-order chi connectivity index (χ1) is 19.6. The summed E-state index contributed by atoms with van der Waals surface area (Å²) in [5.41, 5.74) is 9.56. The van der Waals surface area contributed by atoms with E-state index in [0.717, 1.165) is 56.3 Å². The summed E-state index contributed by atoms with van der Waals surface area (Å²) in [6, 6.07) is 8.66. The number of aryl methyl sites for hydroxylation is 1. The van der Waals surface area contributed by atoms with Gasteiger partial charge >= 0.3 is 0 Å². The zero-order valence-corrected chi connectivity index (χ0v) is 24.0. The summed E-state index contributed by atoms with van der Waals surface area (Å²) in [6.07, 6.45) is 10.5. The Bertz CT molecular complexity index is 1710. The number of hydrogen-bond donors (Lipinski definition) is 3. The van der Waals surface area contributed by atoms with Crippen molar-refractivity contribution in [1.82, 2.24) is 34.5 Å². The molecule has 2 saturated carbocycles. The highest BCUT2D eigenvalue weighted by Crippen LogP contribution is 2.49. The molecule has 5 aromatic rings. The monoisotopic (exact) mass is 555 g/mol. The van der Waals surface area contributed by atoms with E-state index in [9.17, 15) is 0 Å². The Morgan fingerprint density at radius 2 is 1.90 bits per heavy atom. The Morgan fingerprint density at radius 1 is 1.07 bits per heavy atom. The SMILES string of the molecule is COc1[nH]ncc1NCc1c(NSC)cccc1-c1nc(-c2cc3cn(C)nc3nc2C2CC2)n(C)c1C1CC1. The number of hydrogen-bond acceptors (Lipinski definition) is 8. The van der Waals surface area contributed by atoms with E-state index in [2.05, 4.69) is 61.2 Å². The molecule has 2 fully saturated rings. The van der Waals surface area contributed by atoms with E-state index < -0.39 is 0 Å². The summed E-state index contributed by atoms with van der Waals surface area (Å²) >= 11 is 1.58. The molecule has 2 aliphatic rings. The molecule has 0 aliphatic heterocycles. The van der Waals surface area contributed by atoms with E-state index in [1.54, 1.807) is 25.3 Å². The van der Waals surface area contributed by atoms with Crippen LogP contribution in [0.5, 0.6) is 5.88 Å². The number of rotatable bonds is 10. The van der Waals surface area contributed by atoms with E-state index in [-0.39, 0.29) is 0 Å². The van der Waals surface area contributed by atoms with Crippen molar-refractivity contribution in [2.75, 3.05) is 23.4 Å².